The zero-order valence-corrected chi connectivity index (χ0v) is 24.7. The van der Waals surface area contributed by atoms with Gasteiger partial charge in [0.25, 0.3) is 0 Å². The number of nitrogens with zero attached hydrogens (tertiary/aromatic N) is 5. The highest BCUT2D eigenvalue weighted by Crippen LogP contribution is 2.34. The Labute approximate surface area is 246 Å². The van der Waals surface area contributed by atoms with Gasteiger partial charge in [0.15, 0.2) is 5.82 Å². The molecule has 1 aliphatic carbocycles. The van der Waals surface area contributed by atoms with Crippen LogP contribution in [-0.4, -0.2) is 76.3 Å². The molecular formula is C32H40N6O4. The van der Waals surface area contributed by atoms with Gasteiger partial charge in [0.1, 0.15) is 11.0 Å². The van der Waals surface area contributed by atoms with E-state index in [4.69, 9.17) is 14.5 Å². The van der Waals surface area contributed by atoms with Crippen LogP contribution in [-0.2, 0) is 19.7 Å². The number of pyridine rings is 1. The van der Waals surface area contributed by atoms with E-state index in [0.717, 1.165) is 49.2 Å². The highest BCUT2D eigenvalue weighted by atomic mass is 16.6. The number of ether oxygens (including phenoxy) is 2. The summed E-state index contributed by atoms with van der Waals surface area (Å²) in [6.45, 7) is 8.63. The number of carbonyl (C=O) groups is 2. The molecule has 0 bridgehead atoms. The van der Waals surface area contributed by atoms with Gasteiger partial charge < -0.3 is 24.6 Å². The van der Waals surface area contributed by atoms with Crippen molar-refractivity contribution in [3.63, 3.8) is 0 Å². The first-order chi connectivity index (χ1) is 20.2. The molecule has 222 valence electrons. The van der Waals surface area contributed by atoms with Crippen molar-refractivity contribution in [3.05, 3.63) is 54.5 Å². The quantitative estimate of drug-likeness (QED) is 0.424. The molecule has 1 aromatic carbocycles. The molecule has 0 radical (unpaired) electrons. The third-order valence-electron chi connectivity index (χ3n) is 8.57. The lowest BCUT2D eigenvalue weighted by molar-refractivity contribution is -0.140. The Kier molecular flexibility index (Phi) is 7.74. The smallest absolute Gasteiger partial charge is 0.410 e. The minimum Gasteiger partial charge on any atom is -0.444 e. The van der Waals surface area contributed by atoms with Gasteiger partial charge in [-0.25, -0.2) is 9.78 Å². The monoisotopic (exact) mass is 572 g/mol. The summed E-state index contributed by atoms with van der Waals surface area (Å²) in [5.74, 6) is 0.750. The molecule has 42 heavy (non-hydrogen) atoms. The third kappa shape index (κ3) is 5.90. The second-order valence-electron chi connectivity index (χ2n) is 12.8. The zero-order chi connectivity index (χ0) is 29.3. The standard InChI is InChI=1S/C32H40N6O4/c1-31(2,3)42-30(40)38(18-22-8-6-9-22)24-10-7-15-37(19-24)23-13-14-27(34-16-23)32(20-41-21-32)29(39)36-28-17-33-25-11-4-5-12-26(25)35-28/h4-5,11-14,16-17,22,24H,6-10,15,18-21H2,1-3H3,(H,35,36,39)/t24-/m1/s1. The van der Waals surface area contributed by atoms with E-state index in [2.05, 4.69) is 20.2 Å². The fraction of sp³-hybridized carbons (Fsp3) is 0.531. The van der Waals surface area contributed by atoms with Gasteiger partial charge in [0, 0.05) is 19.6 Å². The van der Waals surface area contributed by atoms with Crippen molar-refractivity contribution < 1.29 is 19.1 Å². The molecule has 2 saturated heterocycles. The Hall–Kier alpha value is -3.79. The van der Waals surface area contributed by atoms with E-state index >= 15 is 0 Å². The van der Waals surface area contributed by atoms with Crippen LogP contribution >= 0.6 is 0 Å². The summed E-state index contributed by atoms with van der Waals surface area (Å²) in [5, 5.41) is 2.93. The number of para-hydroxylation sites is 2. The first-order valence-corrected chi connectivity index (χ1v) is 15.0. The molecule has 2 amide bonds. The Bertz CT molecular complexity index is 1430. The summed E-state index contributed by atoms with van der Waals surface area (Å²) in [7, 11) is 0. The average molecular weight is 573 g/mol. The topological polar surface area (TPSA) is 110 Å². The summed E-state index contributed by atoms with van der Waals surface area (Å²) >= 11 is 0. The molecule has 3 aliphatic rings. The van der Waals surface area contributed by atoms with Crippen LogP contribution in [0.5, 0.6) is 0 Å². The van der Waals surface area contributed by atoms with E-state index < -0.39 is 11.0 Å². The van der Waals surface area contributed by atoms with E-state index in [1.165, 1.54) is 19.3 Å². The molecule has 3 aromatic rings. The van der Waals surface area contributed by atoms with Crippen LogP contribution in [0.15, 0.2) is 48.8 Å². The highest BCUT2D eigenvalue weighted by Gasteiger charge is 2.49. The largest absolute Gasteiger partial charge is 0.444 e. The van der Waals surface area contributed by atoms with Crippen molar-refractivity contribution in [2.45, 2.75) is 69.9 Å². The summed E-state index contributed by atoms with van der Waals surface area (Å²) in [5.41, 5.74) is 1.72. The lowest BCUT2D eigenvalue weighted by Crippen LogP contribution is -2.56. The van der Waals surface area contributed by atoms with Gasteiger partial charge in [-0.15, -0.1) is 0 Å². The van der Waals surface area contributed by atoms with Gasteiger partial charge in [-0.2, -0.15) is 0 Å². The summed E-state index contributed by atoms with van der Waals surface area (Å²) in [6.07, 6.45) is 8.70. The van der Waals surface area contributed by atoms with Gasteiger partial charge >= 0.3 is 6.09 Å². The molecule has 3 fully saturated rings. The summed E-state index contributed by atoms with van der Waals surface area (Å²) in [6, 6.07) is 11.6. The second-order valence-corrected chi connectivity index (χ2v) is 12.8. The molecule has 2 aliphatic heterocycles. The Morgan fingerprint density at radius 1 is 1.05 bits per heavy atom. The Balaban J connectivity index is 1.15. The Morgan fingerprint density at radius 3 is 2.48 bits per heavy atom. The molecule has 10 heteroatoms. The maximum atomic E-state index is 13.5. The molecular weight excluding hydrogens is 532 g/mol. The molecule has 10 nitrogen and oxygen atoms in total. The fourth-order valence-corrected chi connectivity index (χ4v) is 5.90. The predicted molar refractivity (Wildman–Crippen MR) is 160 cm³/mol. The van der Waals surface area contributed by atoms with Crippen LogP contribution in [0, 0.1) is 5.92 Å². The van der Waals surface area contributed by atoms with E-state index in [0.29, 0.717) is 17.4 Å². The SMILES string of the molecule is CC(C)(C)OC(=O)N(CC1CCC1)[C@@H]1CCCN(c2ccc(C3(C(=O)Nc4cnc5ccccc5n4)COC3)nc2)C1. The normalized spacial score (nSPS) is 20.4. The number of carbonyl (C=O) groups excluding carboxylic acids is 2. The first kappa shape index (κ1) is 28.3. The molecule has 1 N–H and O–H groups in total. The van der Waals surface area contributed by atoms with E-state index in [-0.39, 0.29) is 31.3 Å². The number of hydrogen-bond acceptors (Lipinski definition) is 8. The number of amides is 2. The summed E-state index contributed by atoms with van der Waals surface area (Å²) < 4.78 is 11.3. The molecule has 0 spiro atoms. The average Bonchev–Trinajstić information content (AvgIpc) is 2.91. The molecule has 1 atom stereocenters. The van der Waals surface area contributed by atoms with Crippen LogP contribution in [0.25, 0.3) is 11.0 Å². The van der Waals surface area contributed by atoms with Crippen molar-refractivity contribution >= 4 is 34.5 Å². The number of nitrogens with one attached hydrogen (secondary N) is 1. The minimum absolute atomic E-state index is 0.0779. The highest BCUT2D eigenvalue weighted by molar-refractivity contribution is 5.99. The first-order valence-electron chi connectivity index (χ1n) is 15.0. The third-order valence-corrected chi connectivity index (χ3v) is 8.57. The molecule has 4 heterocycles. The molecule has 2 aromatic heterocycles. The van der Waals surface area contributed by atoms with Crippen LogP contribution in [0.1, 0.15) is 58.6 Å². The summed E-state index contributed by atoms with van der Waals surface area (Å²) in [4.78, 5) is 44.7. The maximum Gasteiger partial charge on any atom is 0.410 e. The lowest BCUT2D eigenvalue weighted by Gasteiger charge is -2.43. The van der Waals surface area contributed by atoms with Crippen LogP contribution < -0.4 is 10.2 Å². The lowest BCUT2D eigenvalue weighted by atomic mass is 9.81. The number of hydrogen-bond donors (Lipinski definition) is 1. The number of piperidine rings is 1. The van der Waals surface area contributed by atoms with E-state index in [1.54, 1.807) is 6.20 Å². The number of benzene rings is 1. The number of rotatable bonds is 7. The molecule has 6 rings (SSSR count). The number of fused-ring (bicyclic) bond motifs is 1. The number of anilines is 2. The zero-order valence-electron chi connectivity index (χ0n) is 24.7. The number of aromatic nitrogens is 3. The van der Waals surface area contributed by atoms with E-state index in [9.17, 15) is 9.59 Å². The minimum atomic E-state index is -0.882. The van der Waals surface area contributed by atoms with Crippen molar-refractivity contribution in [2.24, 2.45) is 5.92 Å². The maximum absolute atomic E-state index is 13.5. The van der Waals surface area contributed by atoms with Crippen molar-refractivity contribution in [1.82, 2.24) is 19.9 Å². The fourth-order valence-electron chi connectivity index (χ4n) is 5.90. The van der Waals surface area contributed by atoms with Gasteiger partial charge in [0.2, 0.25) is 5.91 Å². The van der Waals surface area contributed by atoms with Gasteiger partial charge in [-0.3, -0.25) is 14.8 Å². The van der Waals surface area contributed by atoms with Gasteiger partial charge in [-0.1, -0.05) is 18.6 Å². The molecule has 0 unspecified atom stereocenters. The van der Waals surface area contributed by atoms with Crippen LogP contribution in [0.3, 0.4) is 0 Å². The predicted octanol–water partition coefficient (Wildman–Crippen LogP) is 4.94. The van der Waals surface area contributed by atoms with E-state index in [1.807, 2.05) is 68.3 Å². The second kappa shape index (κ2) is 11.5. The molecule has 1 saturated carbocycles. The van der Waals surface area contributed by atoms with Gasteiger partial charge in [0.05, 0.1) is 54.1 Å². The van der Waals surface area contributed by atoms with Crippen molar-refractivity contribution in [3.8, 4) is 0 Å². The van der Waals surface area contributed by atoms with Crippen molar-refractivity contribution in [1.29, 1.82) is 0 Å². The Morgan fingerprint density at radius 2 is 1.83 bits per heavy atom. The van der Waals surface area contributed by atoms with Crippen LogP contribution in [0.4, 0.5) is 16.3 Å². The van der Waals surface area contributed by atoms with Crippen LogP contribution in [0.2, 0.25) is 0 Å². The van der Waals surface area contributed by atoms with Crippen molar-refractivity contribution in [2.75, 3.05) is 43.1 Å². The van der Waals surface area contributed by atoms with Gasteiger partial charge in [-0.05, 0) is 76.6 Å².